The molecule has 4 nitrogen and oxygen atoms in total. The van der Waals surface area contributed by atoms with E-state index in [4.69, 9.17) is 4.74 Å². The second-order valence-corrected chi connectivity index (χ2v) is 5.31. The first-order valence-corrected chi connectivity index (χ1v) is 6.20. The van der Waals surface area contributed by atoms with Crippen molar-refractivity contribution in [2.45, 2.75) is 30.8 Å². The van der Waals surface area contributed by atoms with Crippen molar-refractivity contribution in [1.82, 2.24) is 0 Å². The van der Waals surface area contributed by atoms with E-state index >= 15 is 0 Å². The Morgan fingerprint density at radius 1 is 1.41 bits per heavy atom. The first kappa shape index (κ1) is 13.0. The van der Waals surface area contributed by atoms with E-state index in [1.165, 1.54) is 6.92 Å². The molecule has 0 saturated carbocycles. The molecule has 94 valence electrons. The van der Waals surface area contributed by atoms with Crippen molar-refractivity contribution in [3.8, 4) is 0 Å². The zero-order chi connectivity index (χ0) is 12.6. The van der Waals surface area contributed by atoms with Crippen LogP contribution in [0.15, 0.2) is 28.7 Å². The summed E-state index contributed by atoms with van der Waals surface area (Å²) in [5.74, 6) is 0. The van der Waals surface area contributed by atoms with E-state index in [9.17, 15) is 15.3 Å². The van der Waals surface area contributed by atoms with Gasteiger partial charge in [0.15, 0.2) is 0 Å². The summed E-state index contributed by atoms with van der Waals surface area (Å²) in [6.45, 7) is 1.51. The summed E-state index contributed by atoms with van der Waals surface area (Å²) in [4.78, 5) is 0. The maximum atomic E-state index is 10.4. The van der Waals surface area contributed by atoms with Crippen LogP contribution in [0.4, 0.5) is 0 Å². The number of aliphatic hydroxyl groups is 3. The van der Waals surface area contributed by atoms with Gasteiger partial charge in [-0.1, -0.05) is 28.1 Å². The molecule has 1 saturated heterocycles. The number of hydrogen-bond acceptors (Lipinski definition) is 4. The SMILES string of the molecule is CC(O)[C@H]1OC[C@@](O)(c2ccc(Br)cc2)[C@@H]1O. The average Bonchev–Trinajstić information content (AvgIpc) is 2.58. The topological polar surface area (TPSA) is 69.9 Å². The van der Waals surface area contributed by atoms with Crippen molar-refractivity contribution in [3.05, 3.63) is 34.3 Å². The molecule has 17 heavy (non-hydrogen) atoms. The zero-order valence-corrected chi connectivity index (χ0v) is 11.0. The Labute approximate surface area is 108 Å². The van der Waals surface area contributed by atoms with E-state index < -0.39 is 23.9 Å². The Morgan fingerprint density at radius 3 is 2.47 bits per heavy atom. The van der Waals surface area contributed by atoms with E-state index in [2.05, 4.69) is 15.9 Å². The third kappa shape index (κ3) is 2.26. The number of rotatable bonds is 2. The van der Waals surface area contributed by atoms with Gasteiger partial charge in [-0.05, 0) is 24.6 Å². The largest absolute Gasteiger partial charge is 0.391 e. The second-order valence-electron chi connectivity index (χ2n) is 4.39. The van der Waals surface area contributed by atoms with E-state index in [1.807, 2.05) is 0 Å². The summed E-state index contributed by atoms with van der Waals surface area (Å²) in [5.41, 5.74) is -0.876. The third-order valence-corrected chi connectivity index (χ3v) is 3.64. The first-order chi connectivity index (χ1) is 7.95. The fraction of sp³-hybridized carbons (Fsp3) is 0.500. The van der Waals surface area contributed by atoms with Gasteiger partial charge in [-0.2, -0.15) is 0 Å². The van der Waals surface area contributed by atoms with Gasteiger partial charge in [0.05, 0.1) is 12.7 Å². The fourth-order valence-corrected chi connectivity index (χ4v) is 2.33. The molecule has 0 aliphatic carbocycles. The third-order valence-electron chi connectivity index (χ3n) is 3.12. The van der Waals surface area contributed by atoms with Crippen LogP contribution >= 0.6 is 15.9 Å². The van der Waals surface area contributed by atoms with Gasteiger partial charge in [-0.15, -0.1) is 0 Å². The van der Waals surface area contributed by atoms with Gasteiger partial charge in [0.2, 0.25) is 0 Å². The predicted molar refractivity (Wildman–Crippen MR) is 65.5 cm³/mol. The molecule has 0 amide bonds. The lowest BCUT2D eigenvalue weighted by Crippen LogP contribution is -2.44. The minimum atomic E-state index is -1.46. The smallest absolute Gasteiger partial charge is 0.141 e. The van der Waals surface area contributed by atoms with Crippen LogP contribution in [-0.4, -0.2) is 40.2 Å². The number of aliphatic hydroxyl groups excluding tert-OH is 2. The lowest BCUT2D eigenvalue weighted by molar-refractivity contribution is -0.0721. The molecule has 4 atom stereocenters. The standard InChI is InChI=1S/C12H15BrO4/c1-7(14)10-11(15)12(16,6-17-10)8-2-4-9(13)5-3-8/h2-5,7,10-11,14-16H,6H2,1H3/t7?,10-,11-,12-/m1/s1. The Kier molecular flexibility index (Phi) is 3.56. The first-order valence-electron chi connectivity index (χ1n) is 5.41. The van der Waals surface area contributed by atoms with Crippen molar-refractivity contribution >= 4 is 15.9 Å². The molecule has 5 heteroatoms. The molecular formula is C12H15BrO4. The Balaban J connectivity index is 2.28. The minimum absolute atomic E-state index is 0.0225. The molecule has 2 rings (SSSR count). The van der Waals surface area contributed by atoms with Crippen LogP contribution in [-0.2, 0) is 10.3 Å². The monoisotopic (exact) mass is 302 g/mol. The van der Waals surface area contributed by atoms with Gasteiger partial charge in [0.25, 0.3) is 0 Å². The number of ether oxygens (including phenoxy) is 1. The molecule has 3 N–H and O–H groups in total. The normalized spacial score (nSPS) is 34.9. The van der Waals surface area contributed by atoms with Crippen molar-refractivity contribution in [2.75, 3.05) is 6.61 Å². The molecule has 1 heterocycles. The average molecular weight is 303 g/mol. The Hall–Kier alpha value is -0.460. The quantitative estimate of drug-likeness (QED) is 0.755. The summed E-state index contributed by atoms with van der Waals surface area (Å²) in [5, 5.41) is 29.9. The molecule has 1 aromatic carbocycles. The zero-order valence-electron chi connectivity index (χ0n) is 9.38. The summed E-state index contributed by atoms with van der Waals surface area (Å²) in [7, 11) is 0. The number of hydrogen-bond donors (Lipinski definition) is 3. The highest BCUT2D eigenvalue weighted by molar-refractivity contribution is 9.10. The van der Waals surface area contributed by atoms with Gasteiger partial charge < -0.3 is 20.1 Å². The van der Waals surface area contributed by atoms with Gasteiger partial charge in [-0.3, -0.25) is 0 Å². The van der Waals surface area contributed by atoms with Gasteiger partial charge in [0, 0.05) is 4.47 Å². The molecule has 0 bridgehead atoms. The van der Waals surface area contributed by atoms with Crippen LogP contribution in [0.3, 0.4) is 0 Å². The van der Waals surface area contributed by atoms with E-state index in [1.54, 1.807) is 24.3 Å². The second kappa shape index (κ2) is 4.66. The van der Waals surface area contributed by atoms with Crippen LogP contribution in [0.1, 0.15) is 12.5 Å². The Bertz CT molecular complexity index is 392. The molecular weight excluding hydrogens is 288 g/mol. The number of halogens is 1. The molecule has 1 unspecified atom stereocenters. The van der Waals surface area contributed by atoms with Crippen molar-refractivity contribution in [2.24, 2.45) is 0 Å². The molecule has 0 radical (unpaired) electrons. The van der Waals surface area contributed by atoms with E-state index in [0.717, 1.165) is 4.47 Å². The maximum Gasteiger partial charge on any atom is 0.141 e. The van der Waals surface area contributed by atoms with E-state index in [0.29, 0.717) is 5.56 Å². The van der Waals surface area contributed by atoms with Crippen LogP contribution in [0.25, 0.3) is 0 Å². The van der Waals surface area contributed by atoms with Crippen molar-refractivity contribution in [3.63, 3.8) is 0 Å². The summed E-state index contributed by atoms with van der Waals surface area (Å²) in [6.07, 6.45) is -2.72. The molecule has 1 aliphatic rings. The van der Waals surface area contributed by atoms with Crippen LogP contribution < -0.4 is 0 Å². The molecule has 0 spiro atoms. The van der Waals surface area contributed by atoms with Crippen LogP contribution in [0, 0.1) is 0 Å². The summed E-state index contributed by atoms with van der Waals surface area (Å²) in [6, 6.07) is 7.02. The Morgan fingerprint density at radius 2 is 2.00 bits per heavy atom. The highest BCUT2D eigenvalue weighted by Gasteiger charge is 2.50. The fourth-order valence-electron chi connectivity index (χ4n) is 2.07. The predicted octanol–water partition coefficient (Wildman–Crippen LogP) is 0.777. The molecule has 1 fully saturated rings. The van der Waals surface area contributed by atoms with Gasteiger partial charge >= 0.3 is 0 Å². The molecule has 1 aliphatic heterocycles. The minimum Gasteiger partial charge on any atom is -0.391 e. The van der Waals surface area contributed by atoms with Crippen molar-refractivity contribution in [1.29, 1.82) is 0 Å². The molecule has 0 aromatic heterocycles. The highest BCUT2D eigenvalue weighted by atomic mass is 79.9. The van der Waals surface area contributed by atoms with Gasteiger partial charge in [0.1, 0.15) is 17.8 Å². The van der Waals surface area contributed by atoms with Crippen LogP contribution in [0.2, 0.25) is 0 Å². The van der Waals surface area contributed by atoms with Crippen LogP contribution in [0.5, 0.6) is 0 Å². The summed E-state index contributed by atoms with van der Waals surface area (Å²) >= 11 is 3.31. The van der Waals surface area contributed by atoms with Crippen molar-refractivity contribution < 1.29 is 20.1 Å². The lowest BCUT2D eigenvalue weighted by atomic mass is 9.87. The maximum absolute atomic E-state index is 10.4. The summed E-state index contributed by atoms with van der Waals surface area (Å²) < 4.78 is 6.16. The van der Waals surface area contributed by atoms with E-state index in [-0.39, 0.29) is 6.61 Å². The molecule has 1 aromatic rings. The number of benzene rings is 1. The highest BCUT2D eigenvalue weighted by Crippen LogP contribution is 2.35. The van der Waals surface area contributed by atoms with Gasteiger partial charge in [-0.25, -0.2) is 0 Å². The lowest BCUT2D eigenvalue weighted by Gasteiger charge is -2.27.